The number of benzene rings is 2. The van der Waals surface area contributed by atoms with Crippen molar-refractivity contribution in [1.82, 2.24) is 0 Å². The summed E-state index contributed by atoms with van der Waals surface area (Å²) in [5, 5.41) is 9.26. The van der Waals surface area contributed by atoms with Crippen molar-refractivity contribution in [2.75, 3.05) is 4.90 Å². The zero-order chi connectivity index (χ0) is 19.6. The van der Waals surface area contributed by atoms with Crippen molar-refractivity contribution in [3.63, 3.8) is 0 Å². The molecule has 0 aliphatic carbocycles. The molecule has 1 atom stereocenters. The fourth-order valence-electron chi connectivity index (χ4n) is 2.84. The van der Waals surface area contributed by atoms with Gasteiger partial charge in [-0.15, -0.1) is 0 Å². The summed E-state index contributed by atoms with van der Waals surface area (Å²) >= 11 is 4.60. The van der Waals surface area contributed by atoms with Crippen LogP contribution in [0.15, 0.2) is 63.6 Å². The molecule has 1 unspecified atom stereocenters. The molecule has 0 aromatic heterocycles. The SMILES string of the molecule is Cc1cccc(N2C(=O)C(Cc3ccc(Br)cc3)SC2=C(C#N)C(N)=O)c1. The Morgan fingerprint density at radius 3 is 2.59 bits per heavy atom. The van der Waals surface area contributed by atoms with E-state index < -0.39 is 11.2 Å². The van der Waals surface area contributed by atoms with Crippen molar-refractivity contribution in [2.45, 2.75) is 18.6 Å². The molecule has 0 spiro atoms. The molecule has 1 saturated heterocycles. The zero-order valence-corrected chi connectivity index (χ0v) is 16.9. The van der Waals surface area contributed by atoms with E-state index >= 15 is 0 Å². The molecule has 2 amide bonds. The number of carbonyl (C=O) groups is 2. The second-order valence-corrected chi connectivity index (χ2v) is 8.21. The second kappa shape index (κ2) is 7.99. The summed E-state index contributed by atoms with van der Waals surface area (Å²) in [4.78, 5) is 26.3. The average molecular weight is 442 g/mol. The number of nitrogens with zero attached hydrogens (tertiary/aromatic N) is 2. The number of primary amides is 1. The number of anilines is 1. The maximum absolute atomic E-state index is 13.1. The number of amides is 2. The quantitative estimate of drug-likeness (QED) is 0.578. The Bertz CT molecular complexity index is 979. The third-order valence-corrected chi connectivity index (χ3v) is 5.91. The van der Waals surface area contributed by atoms with Crippen LogP contribution in [-0.2, 0) is 16.0 Å². The summed E-state index contributed by atoms with van der Waals surface area (Å²) in [5.74, 6) is -1.01. The van der Waals surface area contributed by atoms with Crippen LogP contribution in [0.3, 0.4) is 0 Å². The summed E-state index contributed by atoms with van der Waals surface area (Å²) < 4.78 is 0.958. The minimum atomic E-state index is -0.838. The highest BCUT2D eigenvalue weighted by atomic mass is 79.9. The standard InChI is InChI=1S/C20H16BrN3O2S/c1-12-3-2-4-15(9-12)24-19(26)17(10-13-5-7-14(21)8-6-13)27-20(24)16(11-22)18(23)25/h2-9,17H,10H2,1H3,(H2,23,25). The van der Waals surface area contributed by atoms with Gasteiger partial charge < -0.3 is 5.73 Å². The highest BCUT2D eigenvalue weighted by Crippen LogP contribution is 2.42. The number of carbonyl (C=O) groups excluding carboxylic acids is 2. The van der Waals surface area contributed by atoms with E-state index in [4.69, 9.17) is 5.73 Å². The normalized spacial score (nSPS) is 18.3. The number of halogens is 1. The first-order chi connectivity index (χ1) is 12.9. The summed E-state index contributed by atoms with van der Waals surface area (Å²) in [6.07, 6.45) is 0.486. The first kappa shape index (κ1) is 19.2. The van der Waals surface area contributed by atoms with Gasteiger partial charge in [-0.1, -0.05) is 52.0 Å². The molecule has 0 saturated carbocycles. The van der Waals surface area contributed by atoms with Gasteiger partial charge in [0, 0.05) is 10.2 Å². The molecule has 136 valence electrons. The molecular formula is C20H16BrN3O2S. The summed E-state index contributed by atoms with van der Waals surface area (Å²) in [6, 6.07) is 16.9. The summed E-state index contributed by atoms with van der Waals surface area (Å²) in [6.45, 7) is 1.92. The van der Waals surface area contributed by atoms with Crippen LogP contribution >= 0.6 is 27.7 Å². The van der Waals surface area contributed by atoms with E-state index in [1.54, 1.807) is 6.07 Å². The smallest absolute Gasteiger partial charge is 0.262 e. The van der Waals surface area contributed by atoms with Crippen LogP contribution < -0.4 is 10.6 Å². The van der Waals surface area contributed by atoms with E-state index in [9.17, 15) is 14.9 Å². The van der Waals surface area contributed by atoms with E-state index in [1.165, 1.54) is 16.7 Å². The predicted molar refractivity (Wildman–Crippen MR) is 110 cm³/mol. The van der Waals surface area contributed by atoms with Crippen LogP contribution in [0.25, 0.3) is 0 Å². The molecule has 1 aliphatic heterocycles. The topological polar surface area (TPSA) is 87.2 Å². The maximum Gasteiger partial charge on any atom is 0.262 e. The van der Waals surface area contributed by atoms with E-state index in [0.717, 1.165) is 15.6 Å². The molecule has 3 rings (SSSR count). The number of rotatable bonds is 4. The lowest BCUT2D eigenvalue weighted by atomic mass is 10.1. The highest BCUT2D eigenvalue weighted by Gasteiger charge is 2.40. The van der Waals surface area contributed by atoms with Gasteiger partial charge >= 0.3 is 0 Å². The number of nitriles is 1. The Labute approximate surface area is 170 Å². The molecule has 0 radical (unpaired) electrons. The molecule has 0 bridgehead atoms. The maximum atomic E-state index is 13.1. The van der Waals surface area contributed by atoms with Gasteiger partial charge in [-0.3, -0.25) is 14.5 Å². The van der Waals surface area contributed by atoms with Crippen molar-refractivity contribution in [2.24, 2.45) is 5.73 Å². The Morgan fingerprint density at radius 2 is 2.00 bits per heavy atom. The van der Waals surface area contributed by atoms with Gasteiger partial charge in [-0.05, 0) is 48.7 Å². The van der Waals surface area contributed by atoms with E-state index in [0.29, 0.717) is 17.1 Å². The van der Waals surface area contributed by atoms with Crippen molar-refractivity contribution in [3.05, 3.63) is 74.7 Å². The fraction of sp³-hybridized carbons (Fsp3) is 0.150. The van der Waals surface area contributed by atoms with Crippen LogP contribution in [0.5, 0.6) is 0 Å². The molecule has 5 nitrogen and oxygen atoms in total. The lowest BCUT2D eigenvalue weighted by molar-refractivity contribution is -0.117. The summed E-state index contributed by atoms with van der Waals surface area (Å²) in [5.41, 5.74) is 7.76. The molecule has 2 N–H and O–H groups in total. The Morgan fingerprint density at radius 1 is 1.30 bits per heavy atom. The Hall–Kier alpha value is -2.56. The van der Waals surface area contributed by atoms with Crippen LogP contribution in [0, 0.1) is 18.3 Å². The van der Waals surface area contributed by atoms with Crippen molar-refractivity contribution >= 4 is 45.2 Å². The Kier molecular flexibility index (Phi) is 5.68. The van der Waals surface area contributed by atoms with Gasteiger partial charge in [0.1, 0.15) is 16.7 Å². The largest absolute Gasteiger partial charge is 0.365 e. The average Bonchev–Trinajstić information content (AvgIpc) is 2.93. The molecule has 7 heteroatoms. The molecule has 1 aliphatic rings. The highest BCUT2D eigenvalue weighted by molar-refractivity contribution is 9.10. The first-order valence-corrected chi connectivity index (χ1v) is 9.84. The monoisotopic (exact) mass is 441 g/mol. The van der Waals surface area contributed by atoms with Gasteiger partial charge in [-0.2, -0.15) is 5.26 Å². The molecule has 2 aromatic carbocycles. The van der Waals surface area contributed by atoms with Gasteiger partial charge in [0.25, 0.3) is 5.91 Å². The van der Waals surface area contributed by atoms with Crippen molar-refractivity contribution in [3.8, 4) is 6.07 Å². The second-order valence-electron chi connectivity index (χ2n) is 6.11. The van der Waals surface area contributed by atoms with Crippen molar-refractivity contribution in [1.29, 1.82) is 5.26 Å². The number of hydrogen-bond donors (Lipinski definition) is 1. The number of nitrogens with two attached hydrogens (primary N) is 1. The fourth-order valence-corrected chi connectivity index (χ4v) is 4.42. The molecular weight excluding hydrogens is 426 g/mol. The van der Waals surface area contributed by atoms with Gasteiger partial charge in [-0.25, -0.2) is 0 Å². The third-order valence-electron chi connectivity index (χ3n) is 4.12. The van der Waals surface area contributed by atoms with Gasteiger partial charge in [0.15, 0.2) is 0 Å². The van der Waals surface area contributed by atoms with Crippen molar-refractivity contribution < 1.29 is 9.59 Å². The molecule has 27 heavy (non-hydrogen) atoms. The minimum Gasteiger partial charge on any atom is -0.365 e. The Balaban J connectivity index is 2.03. The molecule has 2 aromatic rings. The zero-order valence-electron chi connectivity index (χ0n) is 14.5. The van der Waals surface area contributed by atoms with Crippen LogP contribution in [-0.4, -0.2) is 17.1 Å². The lowest BCUT2D eigenvalue weighted by Crippen LogP contribution is -2.31. The number of hydrogen-bond acceptors (Lipinski definition) is 4. The molecule has 1 fully saturated rings. The number of aryl methyl sites for hydroxylation is 1. The first-order valence-electron chi connectivity index (χ1n) is 8.16. The van der Waals surface area contributed by atoms with Crippen LogP contribution in [0.1, 0.15) is 11.1 Å². The van der Waals surface area contributed by atoms with Gasteiger partial charge in [0.2, 0.25) is 5.91 Å². The lowest BCUT2D eigenvalue weighted by Gasteiger charge is -2.18. The minimum absolute atomic E-state index is 0.169. The van der Waals surface area contributed by atoms with Crippen LogP contribution in [0.2, 0.25) is 0 Å². The van der Waals surface area contributed by atoms with E-state index in [-0.39, 0.29) is 11.5 Å². The summed E-state index contributed by atoms with van der Waals surface area (Å²) in [7, 11) is 0. The van der Waals surface area contributed by atoms with Gasteiger partial charge in [0.05, 0.1) is 5.25 Å². The van der Waals surface area contributed by atoms with E-state index in [1.807, 2.05) is 55.5 Å². The number of thioether (sulfide) groups is 1. The third kappa shape index (κ3) is 4.07. The molecule has 1 heterocycles. The van der Waals surface area contributed by atoms with E-state index in [2.05, 4.69) is 15.9 Å². The van der Waals surface area contributed by atoms with Crippen LogP contribution in [0.4, 0.5) is 5.69 Å². The predicted octanol–water partition coefficient (Wildman–Crippen LogP) is 3.67.